The third kappa shape index (κ3) is 1.52. The fourth-order valence-electron chi connectivity index (χ4n) is 1.21. The summed E-state index contributed by atoms with van der Waals surface area (Å²) in [4.78, 5) is 18.9. The second-order valence-electron chi connectivity index (χ2n) is 3.34. The van der Waals surface area contributed by atoms with E-state index in [0.717, 1.165) is 12.8 Å². The number of aryl methyl sites for hydroxylation is 1. The molecule has 0 atom stereocenters. The minimum absolute atomic E-state index is 0.136. The highest BCUT2D eigenvalue weighted by Gasteiger charge is 2.27. The Morgan fingerprint density at radius 2 is 2.31 bits per heavy atom. The summed E-state index contributed by atoms with van der Waals surface area (Å²) in [7, 11) is 0. The second kappa shape index (κ2) is 2.80. The van der Waals surface area contributed by atoms with E-state index in [0.29, 0.717) is 17.3 Å². The van der Waals surface area contributed by atoms with Gasteiger partial charge in [0.15, 0.2) is 5.69 Å². The largest absolute Gasteiger partial charge is 0.477 e. The summed E-state index contributed by atoms with van der Waals surface area (Å²) < 4.78 is 0. The van der Waals surface area contributed by atoms with E-state index in [-0.39, 0.29) is 5.69 Å². The van der Waals surface area contributed by atoms with Gasteiger partial charge in [-0.2, -0.15) is 0 Å². The summed E-state index contributed by atoms with van der Waals surface area (Å²) in [6.45, 7) is 1.71. The molecule has 1 aliphatic carbocycles. The first-order valence-electron chi connectivity index (χ1n) is 4.25. The van der Waals surface area contributed by atoms with Gasteiger partial charge < -0.3 is 5.11 Å². The molecule has 1 heterocycles. The van der Waals surface area contributed by atoms with Crippen molar-refractivity contribution in [1.82, 2.24) is 9.97 Å². The molecule has 0 amide bonds. The lowest BCUT2D eigenvalue weighted by Crippen LogP contribution is -2.07. The van der Waals surface area contributed by atoms with Crippen molar-refractivity contribution in [2.75, 3.05) is 0 Å². The lowest BCUT2D eigenvalue weighted by atomic mass is 10.2. The molecule has 0 spiro atoms. The predicted octanol–water partition coefficient (Wildman–Crippen LogP) is 1.36. The van der Waals surface area contributed by atoms with Gasteiger partial charge in [0.25, 0.3) is 0 Å². The fraction of sp³-hybridized carbons (Fsp3) is 0.444. The number of hydrogen-bond acceptors (Lipinski definition) is 3. The van der Waals surface area contributed by atoms with Crippen LogP contribution in [0.25, 0.3) is 0 Å². The number of nitrogens with zero attached hydrogens (tertiary/aromatic N) is 2. The highest BCUT2D eigenvalue weighted by Crippen LogP contribution is 2.37. The Hall–Kier alpha value is -1.45. The van der Waals surface area contributed by atoms with Gasteiger partial charge in [0.1, 0.15) is 5.82 Å². The Bertz CT molecular complexity index is 359. The van der Waals surface area contributed by atoms with Crippen LogP contribution in [0.3, 0.4) is 0 Å². The zero-order valence-electron chi connectivity index (χ0n) is 7.32. The van der Waals surface area contributed by atoms with Crippen LogP contribution in [-0.2, 0) is 0 Å². The molecule has 1 aromatic rings. The van der Waals surface area contributed by atoms with E-state index in [1.54, 1.807) is 13.1 Å². The summed E-state index contributed by atoms with van der Waals surface area (Å²) in [5, 5.41) is 8.80. The first-order valence-corrected chi connectivity index (χ1v) is 4.25. The molecule has 1 aliphatic rings. The van der Waals surface area contributed by atoms with Crippen molar-refractivity contribution in [2.45, 2.75) is 25.7 Å². The standard InChI is InChI=1S/C9H10N2O2/c1-5-4-10-8(6-2-3-6)11-7(5)9(12)13/h4,6H,2-3H2,1H3,(H,12,13). The van der Waals surface area contributed by atoms with Gasteiger partial charge in [0.05, 0.1) is 0 Å². The fourth-order valence-corrected chi connectivity index (χ4v) is 1.21. The summed E-state index contributed by atoms with van der Waals surface area (Å²) in [5.74, 6) is 0.114. The minimum atomic E-state index is -0.971. The molecule has 2 rings (SSSR count). The molecule has 1 N–H and O–H groups in total. The number of carboxylic acids is 1. The number of aromatic carboxylic acids is 1. The molecule has 0 aromatic carbocycles. The van der Waals surface area contributed by atoms with E-state index in [4.69, 9.17) is 5.11 Å². The lowest BCUT2D eigenvalue weighted by Gasteiger charge is -2.01. The van der Waals surface area contributed by atoms with Gasteiger partial charge in [-0.15, -0.1) is 0 Å². The Morgan fingerprint density at radius 3 is 2.85 bits per heavy atom. The maximum atomic E-state index is 10.7. The third-order valence-electron chi connectivity index (χ3n) is 2.14. The van der Waals surface area contributed by atoms with Crippen LogP contribution in [0.5, 0.6) is 0 Å². The van der Waals surface area contributed by atoms with Crippen LogP contribution in [0.1, 0.15) is 40.6 Å². The van der Waals surface area contributed by atoms with Gasteiger partial charge in [-0.05, 0) is 19.8 Å². The Morgan fingerprint density at radius 1 is 1.62 bits per heavy atom. The first-order chi connectivity index (χ1) is 6.18. The molecule has 4 nitrogen and oxygen atoms in total. The quantitative estimate of drug-likeness (QED) is 0.742. The van der Waals surface area contributed by atoms with E-state index in [1.165, 1.54) is 0 Å². The highest BCUT2D eigenvalue weighted by molar-refractivity contribution is 5.86. The van der Waals surface area contributed by atoms with E-state index < -0.39 is 5.97 Å². The number of carbonyl (C=O) groups is 1. The van der Waals surface area contributed by atoms with Gasteiger partial charge >= 0.3 is 5.97 Å². The molecule has 1 aromatic heterocycles. The maximum Gasteiger partial charge on any atom is 0.354 e. The van der Waals surface area contributed by atoms with Crippen molar-refractivity contribution in [3.05, 3.63) is 23.3 Å². The monoisotopic (exact) mass is 178 g/mol. The predicted molar refractivity (Wildman–Crippen MR) is 45.7 cm³/mol. The minimum Gasteiger partial charge on any atom is -0.477 e. The van der Waals surface area contributed by atoms with E-state index in [9.17, 15) is 4.79 Å². The van der Waals surface area contributed by atoms with Gasteiger partial charge in [0, 0.05) is 17.7 Å². The van der Waals surface area contributed by atoms with Crippen LogP contribution < -0.4 is 0 Å². The molecule has 0 bridgehead atoms. The number of hydrogen-bond donors (Lipinski definition) is 1. The highest BCUT2D eigenvalue weighted by atomic mass is 16.4. The lowest BCUT2D eigenvalue weighted by molar-refractivity contribution is 0.0689. The molecule has 68 valence electrons. The molecule has 4 heteroatoms. The van der Waals surface area contributed by atoms with Crippen molar-refractivity contribution < 1.29 is 9.90 Å². The molecular weight excluding hydrogens is 168 g/mol. The Labute approximate surface area is 75.6 Å². The van der Waals surface area contributed by atoms with E-state index >= 15 is 0 Å². The van der Waals surface area contributed by atoms with Crippen molar-refractivity contribution in [3.8, 4) is 0 Å². The average molecular weight is 178 g/mol. The van der Waals surface area contributed by atoms with Gasteiger partial charge in [-0.3, -0.25) is 0 Å². The Kier molecular flexibility index (Phi) is 1.76. The second-order valence-corrected chi connectivity index (χ2v) is 3.34. The smallest absolute Gasteiger partial charge is 0.354 e. The number of rotatable bonds is 2. The van der Waals surface area contributed by atoms with E-state index in [2.05, 4.69) is 9.97 Å². The summed E-state index contributed by atoms with van der Waals surface area (Å²) in [5.41, 5.74) is 0.758. The molecule has 1 fully saturated rings. The number of carboxylic acid groups (broad SMARTS) is 1. The average Bonchev–Trinajstić information content (AvgIpc) is 2.87. The SMILES string of the molecule is Cc1cnc(C2CC2)nc1C(=O)O. The molecule has 13 heavy (non-hydrogen) atoms. The van der Waals surface area contributed by atoms with Gasteiger partial charge in [-0.1, -0.05) is 0 Å². The van der Waals surface area contributed by atoms with Crippen LogP contribution in [0, 0.1) is 6.92 Å². The van der Waals surface area contributed by atoms with Crippen molar-refractivity contribution in [2.24, 2.45) is 0 Å². The molecular formula is C9H10N2O2. The zero-order chi connectivity index (χ0) is 9.42. The van der Waals surface area contributed by atoms with Gasteiger partial charge in [0.2, 0.25) is 0 Å². The Balaban J connectivity index is 2.41. The maximum absolute atomic E-state index is 10.7. The van der Waals surface area contributed by atoms with E-state index in [1.807, 2.05) is 0 Å². The van der Waals surface area contributed by atoms with Crippen molar-refractivity contribution in [1.29, 1.82) is 0 Å². The van der Waals surface area contributed by atoms with Crippen molar-refractivity contribution in [3.63, 3.8) is 0 Å². The molecule has 0 aliphatic heterocycles. The van der Waals surface area contributed by atoms with Gasteiger partial charge in [-0.25, -0.2) is 14.8 Å². The van der Waals surface area contributed by atoms with Crippen molar-refractivity contribution >= 4 is 5.97 Å². The van der Waals surface area contributed by atoms with Crippen LogP contribution in [-0.4, -0.2) is 21.0 Å². The molecule has 0 saturated heterocycles. The molecule has 0 radical (unpaired) electrons. The normalized spacial score (nSPS) is 15.8. The topological polar surface area (TPSA) is 63.1 Å². The van der Waals surface area contributed by atoms with Crippen LogP contribution >= 0.6 is 0 Å². The van der Waals surface area contributed by atoms with Crippen LogP contribution in [0.4, 0.5) is 0 Å². The van der Waals surface area contributed by atoms with Crippen LogP contribution in [0.2, 0.25) is 0 Å². The summed E-state index contributed by atoms with van der Waals surface area (Å²) in [6.07, 6.45) is 3.76. The molecule has 1 saturated carbocycles. The third-order valence-corrected chi connectivity index (χ3v) is 2.14. The van der Waals surface area contributed by atoms with Crippen LogP contribution in [0.15, 0.2) is 6.20 Å². The summed E-state index contributed by atoms with van der Waals surface area (Å²) >= 11 is 0. The summed E-state index contributed by atoms with van der Waals surface area (Å²) in [6, 6.07) is 0. The first kappa shape index (κ1) is 8.16. The number of aromatic nitrogens is 2. The zero-order valence-corrected chi connectivity index (χ0v) is 7.32. The molecule has 0 unspecified atom stereocenters.